The molecule has 0 aliphatic carbocycles. The standard InChI is InChI=1S/C11H11NO3S/c1-8(11(14)15)10(13)7-12-16-9-5-3-2-4-6-9/h2-6,12H,1,7H2,(H,14,15). The van der Waals surface area contributed by atoms with Crippen molar-refractivity contribution in [1.29, 1.82) is 0 Å². The van der Waals surface area contributed by atoms with Crippen LogP contribution >= 0.6 is 11.9 Å². The van der Waals surface area contributed by atoms with Crippen molar-refractivity contribution in [3.05, 3.63) is 42.5 Å². The van der Waals surface area contributed by atoms with Crippen LogP contribution < -0.4 is 4.72 Å². The number of carbonyl (C=O) groups excluding carboxylic acids is 1. The summed E-state index contributed by atoms with van der Waals surface area (Å²) in [4.78, 5) is 22.6. The molecule has 84 valence electrons. The predicted octanol–water partition coefficient (Wildman–Crippen LogP) is 1.49. The maximum absolute atomic E-state index is 11.2. The summed E-state index contributed by atoms with van der Waals surface area (Å²) in [5.41, 5.74) is -0.402. The Balaban J connectivity index is 2.34. The average molecular weight is 237 g/mol. The molecule has 1 aromatic carbocycles. The van der Waals surface area contributed by atoms with Gasteiger partial charge in [-0.25, -0.2) is 4.79 Å². The Morgan fingerprint density at radius 3 is 2.50 bits per heavy atom. The van der Waals surface area contributed by atoms with E-state index in [1.807, 2.05) is 30.3 Å². The van der Waals surface area contributed by atoms with Crippen LogP contribution in [-0.4, -0.2) is 23.4 Å². The third-order valence-corrected chi connectivity index (χ3v) is 2.56. The van der Waals surface area contributed by atoms with Gasteiger partial charge in [0.1, 0.15) is 0 Å². The minimum Gasteiger partial charge on any atom is -0.478 e. The number of ketones is 1. The number of hydrogen-bond donors (Lipinski definition) is 2. The Labute approximate surface area is 97.5 Å². The summed E-state index contributed by atoms with van der Waals surface area (Å²) in [5, 5.41) is 8.51. The van der Waals surface area contributed by atoms with Gasteiger partial charge in [0.2, 0.25) is 0 Å². The van der Waals surface area contributed by atoms with Crippen molar-refractivity contribution in [2.24, 2.45) is 0 Å². The lowest BCUT2D eigenvalue weighted by molar-refractivity contribution is -0.134. The second kappa shape index (κ2) is 6.09. The van der Waals surface area contributed by atoms with Crippen LogP contribution in [0.3, 0.4) is 0 Å². The Morgan fingerprint density at radius 1 is 1.31 bits per heavy atom. The first-order valence-electron chi connectivity index (χ1n) is 4.51. The summed E-state index contributed by atoms with van der Waals surface area (Å²) in [6.07, 6.45) is 0. The molecule has 0 heterocycles. The van der Waals surface area contributed by atoms with Gasteiger partial charge in [-0.05, 0) is 24.1 Å². The number of Topliss-reactive ketones (excluding diaryl/α,β-unsaturated/α-hetero) is 1. The molecule has 1 aromatic rings. The van der Waals surface area contributed by atoms with E-state index in [1.54, 1.807) is 0 Å². The van der Waals surface area contributed by atoms with Crippen molar-refractivity contribution in [2.75, 3.05) is 6.54 Å². The molecule has 0 bridgehead atoms. The Kier molecular flexibility index (Phi) is 4.75. The highest BCUT2D eigenvalue weighted by Gasteiger charge is 2.13. The number of carboxylic acids is 1. The summed E-state index contributed by atoms with van der Waals surface area (Å²) in [7, 11) is 0. The van der Waals surface area contributed by atoms with Crippen molar-refractivity contribution in [2.45, 2.75) is 4.90 Å². The molecule has 0 spiro atoms. The molecule has 0 saturated heterocycles. The fraction of sp³-hybridized carbons (Fsp3) is 0.0909. The Hall–Kier alpha value is -1.59. The SMILES string of the molecule is C=C(C(=O)O)C(=O)CNSc1ccccc1. The monoisotopic (exact) mass is 237 g/mol. The topological polar surface area (TPSA) is 66.4 Å². The number of carbonyl (C=O) groups is 2. The predicted molar refractivity (Wildman–Crippen MR) is 62.1 cm³/mol. The van der Waals surface area contributed by atoms with Crippen molar-refractivity contribution in [3.8, 4) is 0 Å². The van der Waals surface area contributed by atoms with E-state index in [0.29, 0.717) is 0 Å². The third-order valence-electron chi connectivity index (χ3n) is 1.76. The Morgan fingerprint density at radius 2 is 1.94 bits per heavy atom. The smallest absolute Gasteiger partial charge is 0.338 e. The van der Waals surface area contributed by atoms with Gasteiger partial charge in [-0.2, -0.15) is 0 Å². The van der Waals surface area contributed by atoms with Crippen LogP contribution in [0.15, 0.2) is 47.4 Å². The second-order valence-electron chi connectivity index (χ2n) is 2.94. The first kappa shape index (κ1) is 12.5. The maximum Gasteiger partial charge on any atom is 0.338 e. The highest BCUT2D eigenvalue weighted by molar-refractivity contribution is 7.97. The van der Waals surface area contributed by atoms with Gasteiger partial charge >= 0.3 is 5.97 Å². The maximum atomic E-state index is 11.2. The van der Waals surface area contributed by atoms with Crippen molar-refractivity contribution >= 4 is 23.7 Å². The lowest BCUT2D eigenvalue weighted by atomic mass is 10.2. The molecule has 0 aliphatic heterocycles. The zero-order chi connectivity index (χ0) is 12.0. The van der Waals surface area contributed by atoms with Crippen molar-refractivity contribution < 1.29 is 14.7 Å². The molecular formula is C11H11NO3S. The molecule has 0 aromatic heterocycles. The molecule has 5 heteroatoms. The van der Waals surface area contributed by atoms with E-state index in [4.69, 9.17) is 5.11 Å². The molecule has 1 rings (SSSR count). The lowest BCUT2D eigenvalue weighted by Gasteiger charge is -2.02. The normalized spacial score (nSPS) is 9.75. The van der Waals surface area contributed by atoms with E-state index in [0.717, 1.165) is 4.90 Å². The molecule has 0 saturated carbocycles. The highest BCUT2D eigenvalue weighted by Crippen LogP contribution is 2.12. The van der Waals surface area contributed by atoms with Crippen LogP contribution in [0.5, 0.6) is 0 Å². The number of rotatable bonds is 6. The minimum absolute atomic E-state index is 0.0509. The fourth-order valence-corrected chi connectivity index (χ4v) is 1.56. The van der Waals surface area contributed by atoms with Crippen LogP contribution in [0.25, 0.3) is 0 Å². The van der Waals surface area contributed by atoms with E-state index < -0.39 is 17.3 Å². The van der Waals surface area contributed by atoms with Crippen LogP contribution in [0.1, 0.15) is 0 Å². The van der Waals surface area contributed by atoms with Crippen LogP contribution in [-0.2, 0) is 9.59 Å². The summed E-state index contributed by atoms with van der Waals surface area (Å²) in [6.45, 7) is 3.13. The molecule has 2 N–H and O–H groups in total. The molecule has 0 radical (unpaired) electrons. The summed E-state index contributed by atoms with van der Waals surface area (Å²) in [5.74, 6) is -1.80. The molecule has 0 aliphatic rings. The largest absolute Gasteiger partial charge is 0.478 e. The first-order valence-corrected chi connectivity index (χ1v) is 5.33. The van der Waals surface area contributed by atoms with Gasteiger partial charge in [-0.1, -0.05) is 24.8 Å². The third kappa shape index (κ3) is 3.88. The molecule has 4 nitrogen and oxygen atoms in total. The van der Waals surface area contributed by atoms with Crippen LogP contribution in [0.4, 0.5) is 0 Å². The average Bonchev–Trinajstić information content (AvgIpc) is 2.29. The van der Waals surface area contributed by atoms with Gasteiger partial charge in [0.05, 0.1) is 12.1 Å². The molecule has 0 amide bonds. The fourth-order valence-electron chi connectivity index (χ4n) is 0.899. The van der Waals surface area contributed by atoms with Crippen LogP contribution in [0, 0.1) is 0 Å². The molecular weight excluding hydrogens is 226 g/mol. The molecule has 0 fully saturated rings. The zero-order valence-corrected chi connectivity index (χ0v) is 9.29. The number of benzene rings is 1. The van der Waals surface area contributed by atoms with Gasteiger partial charge in [0.15, 0.2) is 5.78 Å². The van der Waals surface area contributed by atoms with Gasteiger partial charge in [-0.15, -0.1) is 0 Å². The summed E-state index contributed by atoms with van der Waals surface area (Å²) >= 11 is 1.27. The lowest BCUT2D eigenvalue weighted by Crippen LogP contribution is -2.21. The molecule has 0 unspecified atom stereocenters. The molecule has 16 heavy (non-hydrogen) atoms. The van der Waals surface area contributed by atoms with Crippen LogP contribution in [0.2, 0.25) is 0 Å². The number of nitrogens with one attached hydrogen (secondary N) is 1. The van der Waals surface area contributed by atoms with E-state index in [-0.39, 0.29) is 6.54 Å². The van der Waals surface area contributed by atoms with Gasteiger partial charge in [0, 0.05) is 4.90 Å². The van der Waals surface area contributed by atoms with E-state index in [1.165, 1.54) is 11.9 Å². The quantitative estimate of drug-likeness (QED) is 0.339. The summed E-state index contributed by atoms with van der Waals surface area (Å²) < 4.78 is 2.78. The van der Waals surface area contributed by atoms with Gasteiger partial charge < -0.3 is 5.11 Å². The second-order valence-corrected chi connectivity index (χ2v) is 3.91. The van der Waals surface area contributed by atoms with E-state index >= 15 is 0 Å². The summed E-state index contributed by atoms with van der Waals surface area (Å²) in [6, 6.07) is 9.41. The van der Waals surface area contributed by atoms with Crippen molar-refractivity contribution in [3.63, 3.8) is 0 Å². The van der Waals surface area contributed by atoms with E-state index in [9.17, 15) is 9.59 Å². The molecule has 0 atom stereocenters. The Bertz CT molecular complexity index is 403. The number of hydrogen-bond acceptors (Lipinski definition) is 4. The van der Waals surface area contributed by atoms with Crippen molar-refractivity contribution in [1.82, 2.24) is 4.72 Å². The van der Waals surface area contributed by atoms with Gasteiger partial charge in [-0.3, -0.25) is 9.52 Å². The number of carboxylic acid groups (broad SMARTS) is 1. The first-order chi connectivity index (χ1) is 7.61. The number of aliphatic carboxylic acids is 1. The van der Waals surface area contributed by atoms with Gasteiger partial charge in [0.25, 0.3) is 0 Å². The zero-order valence-electron chi connectivity index (χ0n) is 8.47. The van der Waals surface area contributed by atoms with E-state index in [2.05, 4.69) is 11.3 Å². The minimum atomic E-state index is -1.28. The highest BCUT2D eigenvalue weighted by atomic mass is 32.2.